The van der Waals surface area contributed by atoms with Crippen LogP contribution in [0.1, 0.15) is 13.8 Å². The molecular formula is C18H21N3O3. The molecule has 0 bridgehead atoms. The topological polar surface area (TPSA) is 64.4 Å². The molecule has 1 fully saturated rings. The molecule has 1 aromatic heterocycles. The van der Waals surface area contributed by atoms with E-state index in [2.05, 4.69) is 4.98 Å². The van der Waals surface area contributed by atoms with Crippen molar-refractivity contribution in [1.29, 1.82) is 0 Å². The van der Waals surface area contributed by atoms with Gasteiger partial charge < -0.3 is 9.64 Å². The van der Waals surface area contributed by atoms with E-state index < -0.39 is 0 Å². The molecule has 1 saturated heterocycles. The molecular weight excluding hydrogens is 306 g/mol. The van der Waals surface area contributed by atoms with Gasteiger partial charge in [0.25, 0.3) is 5.56 Å². The number of carbonyl (C=O) groups excluding carboxylic acids is 1. The summed E-state index contributed by atoms with van der Waals surface area (Å²) in [7, 11) is 0. The monoisotopic (exact) mass is 327 g/mol. The van der Waals surface area contributed by atoms with E-state index in [0.29, 0.717) is 18.8 Å². The quantitative estimate of drug-likeness (QED) is 0.858. The van der Waals surface area contributed by atoms with Crippen LogP contribution in [0.5, 0.6) is 0 Å². The maximum atomic E-state index is 12.4. The van der Waals surface area contributed by atoms with Gasteiger partial charge in [-0.1, -0.05) is 30.3 Å². The lowest BCUT2D eigenvalue weighted by molar-refractivity contribution is -0.143. The number of rotatable bonds is 3. The highest BCUT2D eigenvalue weighted by molar-refractivity contribution is 5.76. The molecule has 6 heteroatoms. The number of amides is 1. The van der Waals surface area contributed by atoms with Crippen LogP contribution < -0.4 is 5.56 Å². The first-order valence-electron chi connectivity index (χ1n) is 8.08. The highest BCUT2D eigenvalue weighted by Crippen LogP contribution is 2.14. The minimum atomic E-state index is -0.230. The average Bonchev–Trinajstić information content (AvgIpc) is 2.56. The summed E-state index contributed by atoms with van der Waals surface area (Å²) in [6.45, 7) is 4.98. The predicted octanol–water partition coefficient (Wildman–Crippen LogP) is 1.55. The van der Waals surface area contributed by atoms with Gasteiger partial charge in [0.15, 0.2) is 0 Å². The number of ether oxygens (including phenoxy) is 1. The molecule has 2 heterocycles. The highest BCUT2D eigenvalue weighted by Gasteiger charge is 2.26. The molecule has 1 aromatic carbocycles. The molecule has 24 heavy (non-hydrogen) atoms. The van der Waals surface area contributed by atoms with E-state index >= 15 is 0 Å². The Morgan fingerprint density at radius 2 is 1.88 bits per heavy atom. The Bertz CT molecular complexity index is 763. The Morgan fingerprint density at radius 3 is 2.50 bits per heavy atom. The SMILES string of the molecule is C[C@@H]1CN(C(=O)Cn2cnc(-c3ccccc3)cc2=O)C[C@H](C)O1. The predicted molar refractivity (Wildman–Crippen MR) is 90.5 cm³/mol. The van der Waals surface area contributed by atoms with Gasteiger partial charge in [-0.25, -0.2) is 4.98 Å². The second-order valence-corrected chi connectivity index (χ2v) is 6.16. The smallest absolute Gasteiger partial charge is 0.254 e. The van der Waals surface area contributed by atoms with Crippen molar-refractivity contribution in [1.82, 2.24) is 14.5 Å². The van der Waals surface area contributed by atoms with Crippen LogP contribution in [0.4, 0.5) is 0 Å². The molecule has 0 N–H and O–H groups in total. The Kier molecular flexibility index (Phi) is 4.76. The van der Waals surface area contributed by atoms with Crippen molar-refractivity contribution in [2.45, 2.75) is 32.6 Å². The summed E-state index contributed by atoms with van der Waals surface area (Å²) < 4.78 is 6.98. The average molecular weight is 327 g/mol. The third-order valence-corrected chi connectivity index (χ3v) is 4.03. The molecule has 0 saturated carbocycles. The van der Waals surface area contributed by atoms with Crippen LogP contribution in [-0.4, -0.2) is 45.7 Å². The highest BCUT2D eigenvalue weighted by atomic mass is 16.5. The summed E-state index contributed by atoms with van der Waals surface area (Å²) in [6.07, 6.45) is 1.46. The maximum absolute atomic E-state index is 12.4. The Morgan fingerprint density at radius 1 is 1.21 bits per heavy atom. The summed E-state index contributed by atoms with van der Waals surface area (Å²) in [6, 6.07) is 11.0. The van der Waals surface area contributed by atoms with Gasteiger partial charge in [-0.15, -0.1) is 0 Å². The van der Waals surface area contributed by atoms with Gasteiger partial charge in [-0.05, 0) is 13.8 Å². The number of benzene rings is 1. The first kappa shape index (κ1) is 16.4. The van der Waals surface area contributed by atoms with Crippen molar-refractivity contribution in [2.75, 3.05) is 13.1 Å². The van der Waals surface area contributed by atoms with Crippen LogP contribution in [0.15, 0.2) is 47.5 Å². The zero-order valence-corrected chi connectivity index (χ0v) is 13.9. The molecule has 0 spiro atoms. The van der Waals surface area contributed by atoms with E-state index in [4.69, 9.17) is 4.74 Å². The molecule has 1 aliphatic rings. The minimum absolute atomic E-state index is 0.000340. The van der Waals surface area contributed by atoms with Crippen molar-refractivity contribution in [2.24, 2.45) is 0 Å². The molecule has 2 aromatic rings. The van der Waals surface area contributed by atoms with E-state index in [-0.39, 0.29) is 30.2 Å². The van der Waals surface area contributed by atoms with Gasteiger partial charge in [0, 0.05) is 24.7 Å². The lowest BCUT2D eigenvalue weighted by atomic mass is 10.1. The third kappa shape index (κ3) is 3.71. The van der Waals surface area contributed by atoms with Crippen LogP contribution in [0.25, 0.3) is 11.3 Å². The molecule has 0 aliphatic carbocycles. The zero-order chi connectivity index (χ0) is 17.1. The fraction of sp³-hybridized carbons (Fsp3) is 0.389. The molecule has 126 valence electrons. The van der Waals surface area contributed by atoms with Gasteiger partial charge in [-0.3, -0.25) is 14.2 Å². The Labute approximate surface area is 140 Å². The first-order chi connectivity index (χ1) is 11.5. The third-order valence-electron chi connectivity index (χ3n) is 4.03. The normalized spacial score (nSPS) is 20.8. The van der Waals surface area contributed by atoms with E-state index in [1.807, 2.05) is 44.2 Å². The number of hydrogen-bond donors (Lipinski definition) is 0. The number of aromatic nitrogens is 2. The number of hydrogen-bond acceptors (Lipinski definition) is 4. The summed E-state index contributed by atoms with van der Waals surface area (Å²) in [5, 5.41) is 0. The summed E-state index contributed by atoms with van der Waals surface area (Å²) >= 11 is 0. The van der Waals surface area contributed by atoms with Crippen LogP contribution >= 0.6 is 0 Å². The number of nitrogens with zero attached hydrogens (tertiary/aromatic N) is 3. The second kappa shape index (κ2) is 6.97. The van der Waals surface area contributed by atoms with E-state index in [0.717, 1.165) is 5.56 Å². The number of carbonyl (C=O) groups is 1. The fourth-order valence-electron chi connectivity index (χ4n) is 2.94. The van der Waals surface area contributed by atoms with E-state index in [9.17, 15) is 9.59 Å². The molecule has 2 atom stereocenters. The molecule has 0 radical (unpaired) electrons. The van der Waals surface area contributed by atoms with Gasteiger partial charge in [0.1, 0.15) is 6.54 Å². The van der Waals surface area contributed by atoms with Gasteiger partial charge >= 0.3 is 0 Å². The number of morpholine rings is 1. The maximum Gasteiger partial charge on any atom is 0.254 e. The van der Waals surface area contributed by atoms with Crippen LogP contribution in [0, 0.1) is 0 Å². The summed E-state index contributed by atoms with van der Waals surface area (Å²) in [5.74, 6) is -0.0895. The van der Waals surface area contributed by atoms with E-state index in [1.165, 1.54) is 17.0 Å². The van der Waals surface area contributed by atoms with Gasteiger partial charge in [-0.2, -0.15) is 0 Å². The fourth-order valence-corrected chi connectivity index (χ4v) is 2.94. The van der Waals surface area contributed by atoms with E-state index in [1.54, 1.807) is 4.90 Å². The Balaban J connectivity index is 1.74. The molecule has 0 unspecified atom stereocenters. The van der Waals surface area contributed by atoms with Crippen LogP contribution in [0.2, 0.25) is 0 Å². The van der Waals surface area contributed by atoms with Gasteiger partial charge in [0.05, 0.1) is 24.2 Å². The summed E-state index contributed by atoms with van der Waals surface area (Å²) in [5.41, 5.74) is 1.26. The minimum Gasteiger partial charge on any atom is -0.372 e. The standard InChI is InChI=1S/C18H21N3O3/c1-13-9-20(10-14(2)24-13)18(23)11-21-12-19-16(8-17(21)22)15-6-4-3-5-7-15/h3-8,12-14H,9-11H2,1-2H3/t13-,14+. The molecule has 6 nitrogen and oxygen atoms in total. The van der Waals surface area contributed by atoms with Crippen molar-refractivity contribution in [3.05, 3.63) is 53.1 Å². The van der Waals surface area contributed by atoms with Crippen molar-refractivity contribution in [3.8, 4) is 11.3 Å². The van der Waals surface area contributed by atoms with Crippen molar-refractivity contribution >= 4 is 5.91 Å². The van der Waals surface area contributed by atoms with Crippen molar-refractivity contribution in [3.63, 3.8) is 0 Å². The first-order valence-corrected chi connectivity index (χ1v) is 8.08. The molecule has 3 rings (SSSR count). The molecule has 1 amide bonds. The van der Waals surface area contributed by atoms with Crippen LogP contribution in [0.3, 0.4) is 0 Å². The van der Waals surface area contributed by atoms with Crippen molar-refractivity contribution < 1.29 is 9.53 Å². The second-order valence-electron chi connectivity index (χ2n) is 6.16. The zero-order valence-electron chi connectivity index (χ0n) is 13.9. The summed E-state index contributed by atoms with van der Waals surface area (Å²) in [4.78, 5) is 30.8. The van der Waals surface area contributed by atoms with Crippen LogP contribution in [-0.2, 0) is 16.1 Å². The lowest BCUT2D eigenvalue weighted by Gasteiger charge is -2.35. The lowest BCUT2D eigenvalue weighted by Crippen LogP contribution is -2.49. The Hall–Kier alpha value is -2.47. The molecule has 1 aliphatic heterocycles. The largest absolute Gasteiger partial charge is 0.372 e. The van der Waals surface area contributed by atoms with Gasteiger partial charge in [0.2, 0.25) is 5.91 Å².